The van der Waals surface area contributed by atoms with Gasteiger partial charge >= 0.3 is 6.09 Å². The van der Waals surface area contributed by atoms with Crippen LogP contribution in [0, 0.1) is 0 Å². The third-order valence-electron chi connectivity index (χ3n) is 10.2. The summed E-state index contributed by atoms with van der Waals surface area (Å²) in [6.07, 6.45) is -7.72. The van der Waals surface area contributed by atoms with Gasteiger partial charge in [-0.15, -0.1) is 0 Å². The predicted octanol–water partition coefficient (Wildman–Crippen LogP) is 0.914. The minimum Gasteiger partial charge on any atom is -0.507 e. The molecule has 4 aliphatic rings. The summed E-state index contributed by atoms with van der Waals surface area (Å²) in [4.78, 5) is 56.3. The van der Waals surface area contributed by atoms with Gasteiger partial charge in [0.05, 0.1) is 48.7 Å². The Hall–Kier alpha value is -4.16. The Morgan fingerprint density at radius 1 is 1.04 bits per heavy atom. The number of aliphatic hydroxyl groups excluding tert-OH is 3. The Bertz CT molecular complexity index is 1810. The molecular weight excluding hydrogens is 684 g/mol. The summed E-state index contributed by atoms with van der Waals surface area (Å²) < 4.78 is 23.1. The standard InChI is InChI=1S/C36H44N2O14/c1-16-29(42)19(38-10-9-37(14-23(38)41)34(47)52-35(2,3)4)11-24(50-16)51-21-13-36(48,22(40)15-39)12-18-26(21)33(46)28-27(31(18)44)30(43)17-7-6-8-20(49-5)25(17)32(28)45/h6-8,16,19,21,23-24,29,39,41-42,44,46,48H,9-15H2,1-5H3/t16-,19?,21-,23?,24-,29+,36-/m0/s1. The Balaban J connectivity index is 1.34. The Morgan fingerprint density at radius 3 is 2.37 bits per heavy atom. The Kier molecular flexibility index (Phi) is 9.89. The molecule has 2 heterocycles. The van der Waals surface area contributed by atoms with E-state index in [9.17, 15) is 49.8 Å². The van der Waals surface area contributed by atoms with Crippen LogP contribution in [-0.4, -0.2) is 139 Å². The molecule has 2 fully saturated rings. The van der Waals surface area contributed by atoms with Crippen LogP contribution >= 0.6 is 0 Å². The quantitative estimate of drug-likeness (QED) is 0.194. The van der Waals surface area contributed by atoms with Crippen LogP contribution in [-0.2, 0) is 25.4 Å². The normalized spacial score (nSPS) is 29.2. The maximum Gasteiger partial charge on any atom is 0.410 e. The van der Waals surface area contributed by atoms with E-state index in [0.717, 1.165) is 0 Å². The van der Waals surface area contributed by atoms with Crippen molar-refractivity contribution < 1.29 is 68.8 Å². The monoisotopic (exact) mass is 728 g/mol. The molecule has 7 atom stereocenters. The van der Waals surface area contributed by atoms with Crippen LogP contribution in [0.5, 0.6) is 17.2 Å². The second kappa shape index (κ2) is 13.7. The fourth-order valence-corrected chi connectivity index (χ4v) is 7.68. The van der Waals surface area contributed by atoms with Crippen molar-refractivity contribution in [1.29, 1.82) is 0 Å². The number of β-amino-alcohol motifs (C(OH)–C–C–N with tert-alkyl or cyclic N) is 1. The summed E-state index contributed by atoms with van der Waals surface area (Å²) in [6, 6.07) is 3.55. The summed E-state index contributed by atoms with van der Waals surface area (Å²) >= 11 is 0. The molecule has 0 bridgehead atoms. The number of piperazine rings is 1. The minimum absolute atomic E-state index is 0.0668. The highest BCUT2D eigenvalue weighted by Crippen LogP contribution is 2.52. The molecule has 6 rings (SSSR count). The number of nitrogens with zero attached hydrogens (tertiary/aromatic N) is 2. The van der Waals surface area contributed by atoms with Gasteiger partial charge in [-0.2, -0.15) is 0 Å². The van der Waals surface area contributed by atoms with E-state index >= 15 is 0 Å². The number of amides is 1. The maximum atomic E-state index is 13.9. The zero-order valence-corrected chi connectivity index (χ0v) is 29.5. The number of methoxy groups -OCH3 is 1. The highest BCUT2D eigenvalue weighted by Gasteiger charge is 2.51. The van der Waals surface area contributed by atoms with Gasteiger partial charge in [-0.1, -0.05) is 12.1 Å². The number of ether oxygens (including phenoxy) is 4. The number of carbonyl (C=O) groups is 4. The van der Waals surface area contributed by atoms with Crippen LogP contribution in [0.25, 0.3) is 0 Å². The van der Waals surface area contributed by atoms with Gasteiger partial charge in [0.2, 0.25) is 5.78 Å². The number of phenolic OH excluding ortho intramolecular Hbond substituents is 2. The number of rotatable bonds is 6. The molecule has 0 radical (unpaired) electrons. The molecule has 1 amide bonds. The number of aromatic hydroxyl groups is 2. The summed E-state index contributed by atoms with van der Waals surface area (Å²) in [5.74, 6) is -4.02. The first kappa shape index (κ1) is 37.6. The number of benzene rings is 2. The third-order valence-corrected chi connectivity index (χ3v) is 10.2. The second-order valence-corrected chi connectivity index (χ2v) is 14.7. The van der Waals surface area contributed by atoms with Crippen LogP contribution in [0.1, 0.15) is 89.6 Å². The van der Waals surface area contributed by atoms with E-state index in [1.54, 1.807) is 32.6 Å². The second-order valence-electron chi connectivity index (χ2n) is 14.7. The van der Waals surface area contributed by atoms with Gasteiger partial charge in [0.1, 0.15) is 41.3 Å². The van der Waals surface area contributed by atoms with Gasteiger partial charge < -0.3 is 54.5 Å². The highest BCUT2D eigenvalue weighted by atomic mass is 16.7. The van der Waals surface area contributed by atoms with Crippen LogP contribution < -0.4 is 4.74 Å². The van der Waals surface area contributed by atoms with Gasteiger partial charge in [0.15, 0.2) is 17.9 Å². The zero-order chi connectivity index (χ0) is 38.0. The lowest BCUT2D eigenvalue weighted by molar-refractivity contribution is -0.266. The number of Topliss-reactive ketones (excluding diaryl/α,β-unsaturated/α-hetero) is 1. The van der Waals surface area contributed by atoms with Crippen molar-refractivity contribution in [3.8, 4) is 17.2 Å². The molecule has 282 valence electrons. The number of fused-ring (bicyclic) bond motifs is 3. The molecule has 16 heteroatoms. The molecule has 0 spiro atoms. The molecule has 0 aromatic heterocycles. The lowest BCUT2D eigenvalue weighted by Crippen LogP contribution is -2.64. The van der Waals surface area contributed by atoms with Crippen LogP contribution in [0.3, 0.4) is 0 Å². The topological polar surface area (TPSA) is 233 Å². The lowest BCUT2D eigenvalue weighted by atomic mass is 9.72. The zero-order valence-electron chi connectivity index (χ0n) is 29.5. The largest absolute Gasteiger partial charge is 0.507 e. The molecule has 0 saturated carbocycles. The first-order valence-corrected chi connectivity index (χ1v) is 17.0. The summed E-state index contributed by atoms with van der Waals surface area (Å²) in [6.45, 7) is 5.92. The van der Waals surface area contributed by atoms with E-state index in [1.807, 2.05) is 0 Å². The molecule has 2 aliphatic carbocycles. The molecule has 2 aromatic carbocycles. The number of hydrogen-bond donors (Lipinski definition) is 6. The molecule has 6 N–H and O–H groups in total. The number of ketones is 3. The molecule has 16 nitrogen and oxygen atoms in total. The van der Waals surface area contributed by atoms with E-state index < -0.39 is 114 Å². The van der Waals surface area contributed by atoms with E-state index in [1.165, 1.54) is 30.2 Å². The number of hydrogen-bond acceptors (Lipinski definition) is 15. The predicted molar refractivity (Wildman–Crippen MR) is 178 cm³/mol. The van der Waals surface area contributed by atoms with Gasteiger partial charge in [-0.05, 0) is 33.8 Å². The van der Waals surface area contributed by atoms with Crippen molar-refractivity contribution in [2.75, 3.05) is 33.4 Å². The first-order chi connectivity index (χ1) is 24.4. The van der Waals surface area contributed by atoms with Gasteiger partial charge in [0, 0.05) is 55.1 Å². The Morgan fingerprint density at radius 2 is 1.73 bits per heavy atom. The van der Waals surface area contributed by atoms with Gasteiger partial charge in [-0.25, -0.2) is 4.79 Å². The first-order valence-electron chi connectivity index (χ1n) is 17.0. The van der Waals surface area contributed by atoms with Crippen molar-refractivity contribution in [2.24, 2.45) is 0 Å². The van der Waals surface area contributed by atoms with Crippen molar-refractivity contribution >= 4 is 23.4 Å². The fourth-order valence-electron chi connectivity index (χ4n) is 7.68. The minimum atomic E-state index is -2.33. The van der Waals surface area contributed by atoms with E-state index in [0.29, 0.717) is 0 Å². The average molecular weight is 729 g/mol. The van der Waals surface area contributed by atoms with Gasteiger partial charge in [-0.3, -0.25) is 19.3 Å². The van der Waals surface area contributed by atoms with Crippen molar-refractivity contribution in [2.45, 2.75) is 95.0 Å². The molecule has 2 unspecified atom stereocenters. The molecule has 2 aromatic rings. The number of aliphatic hydroxyl groups is 4. The molecular formula is C36H44N2O14. The van der Waals surface area contributed by atoms with E-state index in [2.05, 4.69) is 0 Å². The molecule has 52 heavy (non-hydrogen) atoms. The van der Waals surface area contributed by atoms with Crippen molar-refractivity contribution in [3.63, 3.8) is 0 Å². The van der Waals surface area contributed by atoms with Crippen molar-refractivity contribution in [1.82, 2.24) is 9.80 Å². The average Bonchev–Trinajstić information content (AvgIpc) is 3.08. The molecule has 2 aliphatic heterocycles. The summed E-state index contributed by atoms with van der Waals surface area (Å²) in [7, 11) is 1.31. The summed E-state index contributed by atoms with van der Waals surface area (Å²) in [5, 5.41) is 67.0. The van der Waals surface area contributed by atoms with Crippen LogP contribution in [0.2, 0.25) is 0 Å². The number of carbonyl (C=O) groups excluding carboxylic acids is 4. The SMILES string of the molecule is COc1cccc2c1C(=O)c1c(O)c3c(c(O)c1C2=O)C[C@@](O)(C(=O)CO)C[C@@H]3O[C@H]1CC(N2CCN(C(=O)OC(C)(C)C)CC2O)[C@H](O)[C@H](C)O1. The number of phenols is 2. The smallest absolute Gasteiger partial charge is 0.410 e. The summed E-state index contributed by atoms with van der Waals surface area (Å²) in [5.41, 5.74) is -4.72. The lowest BCUT2D eigenvalue weighted by Gasteiger charge is -2.49. The van der Waals surface area contributed by atoms with Crippen molar-refractivity contribution in [3.05, 3.63) is 51.6 Å². The van der Waals surface area contributed by atoms with E-state index in [-0.39, 0.29) is 54.1 Å². The van der Waals surface area contributed by atoms with Crippen LogP contribution in [0.4, 0.5) is 4.79 Å². The Labute approximate surface area is 299 Å². The van der Waals surface area contributed by atoms with Crippen LogP contribution in [0.15, 0.2) is 18.2 Å². The molecule has 2 saturated heterocycles. The fraction of sp³-hybridized carbons (Fsp3) is 0.556. The van der Waals surface area contributed by atoms with Gasteiger partial charge in [0.25, 0.3) is 0 Å². The van der Waals surface area contributed by atoms with E-state index in [4.69, 9.17) is 18.9 Å². The third kappa shape index (κ3) is 6.42. The highest BCUT2D eigenvalue weighted by molar-refractivity contribution is 6.31. The maximum absolute atomic E-state index is 13.9.